The van der Waals surface area contributed by atoms with Crippen LogP contribution >= 0.6 is 0 Å². The number of pyridine rings is 1. The van der Waals surface area contributed by atoms with Crippen molar-refractivity contribution in [2.24, 2.45) is 5.92 Å². The molecule has 0 bridgehead atoms. The average molecular weight is 321 g/mol. The Hall–Kier alpha value is -2.69. The Labute approximate surface area is 140 Å². The number of carbonyl (C=O) groups excluding carboxylic acids is 1. The number of amides is 1. The minimum absolute atomic E-state index is 0.0334. The highest BCUT2D eigenvalue weighted by molar-refractivity contribution is 5.92. The van der Waals surface area contributed by atoms with Gasteiger partial charge >= 0.3 is 0 Å². The SMILES string of the molecule is Cc1cc(C(=O)N2CC[C@H](Cc3ccnc4ccccc34)C2)no1. The zero-order valence-corrected chi connectivity index (χ0v) is 13.6. The average Bonchev–Trinajstić information content (AvgIpc) is 3.24. The fraction of sp³-hybridized carbons (Fsp3) is 0.316. The molecule has 0 saturated carbocycles. The molecule has 1 fully saturated rings. The molecule has 122 valence electrons. The van der Waals surface area contributed by atoms with Crippen LogP contribution in [0.3, 0.4) is 0 Å². The van der Waals surface area contributed by atoms with E-state index in [0.717, 1.165) is 31.4 Å². The van der Waals surface area contributed by atoms with E-state index in [0.29, 0.717) is 17.4 Å². The maximum Gasteiger partial charge on any atom is 0.276 e. The summed E-state index contributed by atoms with van der Waals surface area (Å²) >= 11 is 0. The lowest BCUT2D eigenvalue weighted by atomic mass is 9.96. The van der Waals surface area contributed by atoms with Crippen molar-refractivity contribution in [2.45, 2.75) is 19.8 Å². The molecule has 0 unspecified atom stereocenters. The number of hydrogen-bond acceptors (Lipinski definition) is 4. The highest BCUT2D eigenvalue weighted by atomic mass is 16.5. The molecule has 2 aromatic heterocycles. The molecule has 24 heavy (non-hydrogen) atoms. The molecular weight excluding hydrogens is 302 g/mol. The van der Waals surface area contributed by atoms with Gasteiger partial charge in [0.05, 0.1) is 5.52 Å². The van der Waals surface area contributed by atoms with Gasteiger partial charge in [0.25, 0.3) is 5.91 Å². The smallest absolute Gasteiger partial charge is 0.276 e. The summed E-state index contributed by atoms with van der Waals surface area (Å²) in [6, 6.07) is 12.0. The van der Waals surface area contributed by atoms with Gasteiger partial charge < -0.3 is 9.42 Å². The number of aryl methyl sites for hydroxylation is 1. The van der Waals surface area contributed by atoms with E-state index in [1.54, 1.807) is 13.0 Å². The summed E-state index contributed by atoms with van der Waals surface area (Å²) < 4.78 is 5.01. The third kappa shape index (κ3) is 2.77. The first kappa shape index (κ1) is 14.9. The Morgan fingerprint density at radius 2 is 2.21 bits per heavy atom. The third-order valence-corrected chi connectivity index (χ3v) is 4.67. The van der Waals surface area contributed by atoms with Gasteiger partial charge in [-0.25, -0.2) is 0 Å². The number of aromatic nitrogens is 2. The molecule has 1 saturated heterocycles. The van der Waals surface area contributed by atoms with Gasteiger partial charge in [0.15, 0.2) is 5.69 Å². The van der Waals surface area contributed by atoms with Crippen LogP contribution in [-0.4, -0.2) is 34.0 Å². The van der Waals surface area contributed by atoms with Crippen LogP contribution in [0.5, 0.6) is 0 Å². The van der Waals surface area contributed by atoms with Crippen LogP contribution in [0.25, 0.3) is 10.9 Å². The molecule has 0 N–H and O–H groups in total. The van der Waals surface area contributed by atoms with Crippen LogP contribution in [0.1, 0.15) is 28.2 Å². The van der Waals surface area contributed by atoms with Gasteiger partial charge in [-0.1, -0.05) is 23.4 Å². The number of hydrogen-bond donors (Lipinski definition) is 0. The van der Waals surface area contributed by atoms with Gasteiger partial charge in [0.1, 0.15) is 5.76 Å². The predicted octanol–water partition coefficient (Wildman–Crippen LogP) is 3.24. The second kappa shape index (κ2) is 6.07. The molecule has 1 aliphatic rings. The minimum Gasteiger partial charge on any atom is -0.361 e. The van der Waals surface area contributed by atoms with Crippen molar-refractivity contribution in [3.63, 3.8) is 0 Å². The van der Waals surface area contributed by atoms with Crippen LogP contribution in [-0.2, 0) is 6.42 Å². The fourth-order valence-electron chi connectivity index (χ4n) is 3.46. The topological polar surface area (TPSA) is 59.2 Å². The van der Waals surface area contributed by atoms with Crippen molar-refractivity contribution >= 4 is 16.8 Å². The Bertz CT molecular complexity index is 882. The second-order valence-corrected chi connectivity index (χ2v) is 6.42. The molecule has 1 aliphatic heterocycles. The quantitative estimate of drug-likeness (QED) is 0.743. The van der Waals surface area contributed by atoms with Gasteiger partial charge in [-0.3, -0.25) is 9.78 Å². The minimum atomic E-state index is -0.0334. The van der Waals surface area contributed by atoms with Crippen molar-refractivity contribution in [3.05, 3.63) is 59.6 Å². The molecule has 1 atom stereocenters. The Kier molecular flexibility index (Phi) is 3.76. The van der Waals surface area contributed by atoms with E-state index >= 15 is 0 Å². The first-order valence-corrected chi connectivity index (χ1v) is 8.26. The number of likely N-dealkylation sites (tertiary alicyclic amines) is 1. The molecule has 4 rings (SSSR count). The first-order valence-electron chi connectivity index (χ1n) is 8.26. The molecule has 0 spiro atoms. The second-order valence-electron chi connectivity index (χ2n) is 6.42. The number of nitrogens with zero attached hydrogens (tertiary/aromatic N) is 3. The van der Waals surface area contributed by atoms with Crippen LogP contribution < -0.4 is 0 Å². The number of carbonyl (C=O) groups is 1. The van der Waals surface area contributed by atoms with Crippen molar-refractivity contribution in [3.8, 4) is 0 Å². The van der Waals surface area contributed by atoms with Crippen molar-refractivity contribution in [1.82, 2.24) is 15.0 Å². The molecule has 3 aromatic rings. The van der Waals surface area contributed by atoms with E-state index in [1.165, 1.54) is 10.9 Å². The fourth-order valence-corrected chi connectivity index (χ4v) is 3.46. The summed E-state index contributed by atoms with van der Waals surface area (Å²) in [7, 11) is 0. The van der Waals surface area contributed by atoms with Gasteiger partial charge in [-0.2, -0.15) is 0 Å². The Morgan fingerprint density at radius 3 is 3.04 bits per heavy atom. The van der Waals surface area contributed by atoms with E-state index < -0.39 is 0 Å². The lowest BCUT2D eigenvalue weighted by Crippen LogP contribution is -2.29. The molecule has 5 heteroatoms. The van der Waals surface area contributed by atoms with Crippen LogP contribution in [0.2, 0.25) is 0 Å². The lowest BCUT2D eigenvalue weighted by Gasteiger charge is -2.15. The normalized spacial score (nSPS) is 17.5. The first-order chi connectivity index (χ1) is 11.7. The van der Waals surface area contributed by atoms with Crippen molar-refractivity contribution in [2.75, 3.05) is 13.1 Å². The van der Waals surface area contributed by atoms with Crippen molar-refractivity contribution < 1.29 is 9.32 Å². The third-order valence-electron chi connectivity index (χ3n) is 4.67. The monoisotopic (exact) mass is 321 g/mol. The molecule has 0 radical (unpaired) electrons. The van der Waals surface area contributed by atoms with Crippen LogP contribution in [0, 0.1) is 12.8 Å². The maximum absolute atomic E-state index is 12.5. The summed E-state index contributed by atoms with van der Waals surface area (Å²) in [4.78, 5) is 18.8. The number of rotatable bonds is 3. The standard InChI is InChI=1S/C19H19N3O2/c1-13-10-18(21-24-13)19(23)22-9-7-14(12-22)11-15-6-8-20-17-5-3-2-4-16(15)17/h2-6,8,10,14H,7,9,11-12H2,1H3/t14-/m1/s1. The van der Waals surface area contributed by atoms with Gasteiger partial charge in [-0.05, 0) is 43.4 Å². The largest absolute Gasteiger partial charge is 0.361 e. The molecular formula is C19H19N3O2. The summed E-state index contributed by atoms with van der Waals surface area (Å²) in [6.45, 7) is 3.34. The summed E-state index contributed by atoms with van der Waals surface area (Å²) in [5, 5.41) is 5.04. The van der Waals surface area contributed by atoms with Crippen molar-refractivity contribution in [1.29, 1.82) is 0 Å². The van der Waals surface area contributed by atoms with Crippen LogP contribution in [0.4, 0.5) is 0 Å². The Morgan fingerprint density at radius 1 is 1.33 bits per heavy atom. The summed E-state index contributed by atoms with van der Waals surface area (Å²) in [5.74, 6) is 1.10. The number of para-hydroxylation sites is 1. The molecule has 5 nitrogen and oxygen atoms in total. The molecule has 3 heterocycles. The van der Waals surface area contributed by atoms with E-state index in [1.807, 2.05) is 29.3 Å². The van der Waals surface area contributed by atoms with E-state index in [-0.39, 0.29) is 5.91 Å². The maximum atomic E-state index is 12.5. The van der Waals surface area contributed by atoms with E-state index in [4.69, 9.17) is 4.52 Å². The number of benzene rings is 1. The lowest BCUT2D eigenvalue weighted by molar-refractivity contribution is 0.0776. The molecule has 1 aromatic carbocycles. The molecule has 1 amide bonds. The summed E-state index contributed by atoms with van der Waals surface area (Å²) in [5.41, 5.74) is 2.73. The number of fused-ring (bicyclic) bond motifs is 1. The highest BCUT2D eigenvalue weighted by Crippen LogP contribution is 2.25. The zero-order valence-electron chi connectivity index (χ0n) is 13.6. The van der Waals surface area contributed by atoms with Gasteiger partial charge in [0.2, 0.25) is 0 Å². The van der Waals surface area contributed by atoms with Gasteiger partial charge in [0, 0.05) is 30.7 Å². The molecule has 0 aliphatic carbocycles. The predicted molar refractivity (Wildman–Crippen MR) is 90.7 cm³/mol. The summed E-state index contributed by atoms with van der Waals surface area (Å²) in [6.07, 6.45) is 3.84. The van der Waals surface area contributed by atoms with E-state index in [2.05, 4.69) is 22.3 Å². The highest BCUT2D eigenvalue weighted by Gasteiger charge is 2.28. The zero-order chi connectivity index (χ0) is 16.5. The van der Waals surface area contributed by atoms with Gasteiger partial charge in [-0.15, -0.1) is 0 Å². The van der Waals surface area contributed by atoms with Crippen LogP contribution in [0.15, 0.2) is 47.1 Å². The van der Waals surface area contributed by atoms with E-state index in [9.17, 15) is 4.79 Å². The Balaban J connectivity index is 1.48.